The molecule has 0 bridgehead atoms. The van der Waals surface area contributed by atoms with Crippen molar-refractivity contribution in [3.05, 3.63) is 70.7 Å². The van der Waals surface area contributed by atoms with Crippen molar-refractivity contribution in [3.8, 4) is 0 Å². The van der Waals surface area contributed by atoms with Gasteiger partial charge in [-0.2, -0.15) is 0 Å². The van der Waals surface area contributed by atoms with Gasteiger partial charge in [-0.1, -0.05) is 36.4 Å². The molecule has 0 unspecified atom stereocenters. The fourth-order valence-corrected chi connectivity index (χ4v) is 4.31. The van der Waals surface area contributed by atoms with Gasteiger partial charge in [-0.15, -0.1) is 11.3 Å². The molecule has 0 spiro atoms. The lowest BCUT2D eigenvalue weighted by Crippen LogP contribution is -2.49. The molecule has 2 aromatic carbocycles. The van der Waals surface area contributed by atoms with Crippen LogP contribution in [0.4, 0.5) is 4.39 Å². The van der Waals surface area contributed by atoms with E-state index in [2.05, 4.69) is 4.98 Å². The van der Waals surface area contributed by atoms with Crippen molar-refractivity contribution in [2.45, 2.75) is 26.3 Å². The number of aromatic nitrogens is 1. The zero-order valence-corrected chi connectivity index (χ0v) is 16.1. The van der Waals surface area contributed by atoms with E-state index in [9.17, 15) is 9.18 Å². The maximum Gasteiger partial charge on any atom is 0.261 e. The first-order valence-electron chi connectivity index (χ1n) is 8.66. The first kappa shape index (κ1) is 17.7. The minimum absolute atomic E-state index is 0.116. The number of benzene rings is 2. The molecule has 4 rings (SSSR count). The number of amides is 1. The number of carbonyl (C=O) groups is 1. The molecule has 1 aliphatic rings. The van der Waals surface area contributed by atoms with Crippen LogP contribution in [0.2, 0.25) is 0 Å². The lowest BCUT2D eigenvalue weighted by Gasteiger charge is -2.40. The average Bonchev–Trinajstić information content (AvgIpc) is 3.09. The maximum atomic E-state index is 14.1. The number of hydrogen-bond acceptors (Lipinski definition) is 4. The third-order valence-electron chi connectivity index (χ3n) is 4.85. The molecular weight excluding hydrogens is 363 g/mol. The summed E-state index contributed by atoms with van der Waals surface area (Å²) < 4.78 is 20.7. The molecule has 0 saturated heterocycles. The third-order valence-corrected chi connectivity index (χ3v) is 6.19. The Balaban J connectivity index is 1.75. The third kappa shape index (κ3) is 2.90. The molecule has 1 aliphatic heterocycles. The molecule has 0 N–H and O–H groups in total. The van der Waals surface area contributed by atoms with E-state index in [4.69, 9.17) is 4.74 Å². The van der Waals surface area contributed by atoms with E-state index in [-0.39, 0.29) is 18.5 Å². The van der Waals surface area contributed by atoms with Gasteiger partial charge >= 0.3 is 0 Å². The molecule has 3 aromatic rings. The number of fused-ring (bicyclic) bond motifs is 1. The fraction of sp³-hybridized carbons (Fsp3) is 0.238. The number of thiazole rings is 1. The Bertz CT molecular complexity index is 1060. The molecule has 0 fully saturated rings. The Kier molecular flexibility index (Phi) is 4.23. The summed E-state index contributed by atoms with van der Waals surface area (Å²) in [5.41, 5.74) is 0.956. The number of nitrogens with zero attached hydrogens (tertiary/aromatic N) is 2. The molecule has 2 heterocycles. The zero-order valence-electron chi connectivity index (χ0n) is 15.3. The molecule has 27 heavy (non-hydrogen) atoms. The molecule has 1 aromatic heterocycles. The van der Waals surface area contributed by atoms with Crippen LogP contribution in [0.25, 0.3) is 15.8 Å². The second kappa shape index (κ2) is 6.46. The van der Waals surface area contributed by atoms with E-state index >= 15 is 0 Å². The van der Waals surface area contributed by atoms with Crippen LogP contribution >= 0.6 is 11.3 Å². The van der Waals surface area contributed by atoms with Gasteiger partial charge in [0.15, 0.2) is 6.73 Å². The van der Waals surface area contributed by atoms with Crippen molar-refractivity contribution in [2.24, 2.45) is 0 Å². The second-order valence-electron chi connectivity index (χ2n) is 6.97. The summed E-state index contributed by atoms with van der Waals surface area (Å²) in [7, 11) is 0. The predicted octanol–water partition coefficient (Wildman–Crippen LogP) is 4.92. The van der Waals surface area contributed by atoms with Crippen LogP contribution in [-0.2, 0) is 15.1 Å². The SMILES string of the molecule is CC1=C(c2ccccc2)C(=O)N(C(C)(C)c2nc3c(F)cccc3s2)CO1. The Hall–Kier alpha value is -2.73. The summed E-state index contributed by atoms with van der Waals surface area (Å²) in [5.74, 6) is 0.135. The highest BCUT2D eigenvalue weighted by atomic mass is 32.1. The summed E-state index contributed by atoms with van der Waals surface area (Å²) in [6, 6.07) is 14.4. The monoisotopic (exact) mass is 382 g/mol. The minimum Gasteiger partial charge on any atom is -0.477 e. The highest BCUT2D eigenvalue weighted by Gasteiger charge is 2.40. The molecule has 0 aliphatic carbocycles. The highest BCUT2D eigenvalue weighted by Crippen LogP contribution is 2.38. The Morgan fingerprint density at radius 2 is 1.89 bits per heavy atom. The van der Waals surface area contributed by atoms with Gasteiger partial charge in [0.05, 0.1) is 15.8 Å². The van der Waals surface area contributed by atoms with Crippen molar-refractivity contribution in [1.82, 2.24) is 9.88 Å². The Morgan fingerprint density at radius 1 is 1.15 bits per heavy atom. The first-order chi connectivity index (χ1) is 12.9. The zero-order chi connectivity index (χ0) is 19.2. The largest absolute Gasteiger partial charge is 0.477 e. The molecular formula is C21H19FN2O2S. The number of ether oxygens (including phenoxy) is 1. The molecule has 1 amide bonds. The highest BCUT2D eigenvalue weighted by molar-refractivity contribution is 7.18. The van der Waals surface area contributed by atoms with Crippen molar-refractivity contribution in [2.75, 3.05) is 6.73 Å². The standard InChI is InChI=1S/C21H19FN2O2S/c1-13-17(14-8-5-4-6-9-14)19(25)24(12-26-13)21(2,3)20-23-18-15(22)10-7-11-16(18)27-20/h4-11H,12H2,1-3H3. The van der Waals surface area contributed by atoms with Gasteiger partial charge in [-0.3, -0.25) is 9.69 Å². The van der Waals surface area contributed by atoms with E-state index in [1.165, 1.54) is 17.4 Å². The number of halogens is 1. The van der Waals surface area contributed by atoms with Crippen LogP contribution in [0.5, 0.6) is 0 Å². The van der Waals surface area contributed by atoms with Crippen molar-refractivity contribution < 1.29 is 13.9 Å². The van der Waals surface area contributed by atoms with Gasteiger partial charge in [-0.25, -0.2) is 9.37 Å². The van der Waals surface area contributed by atoms with Gasteiger partial charge in [0.25, 0.3) is 5.91 Å². The van der Waals surface area contributed by atoms with Crippen molar-refractivity contribution >= 4 is 33.0 Å². The normalized spacial score (nSPS) is 15.4. The first-order valence-corrected chi connectivity index (χ1v) is 9.48. The van der Waals surface area contributed by atoms with Gasteiger partial charge in [-0.05, 0) is 38.5 Å². The fourth-order valence-electron chi connectivity index (χ4n) is 3.22. The summed E-state index contributed by atoms with van der Waals surface area (Å²) in [4.78, 5) is 19.5. The van der Waals surface area contributed by atoms with Crippen molar-refractivity contribution in [1.29, 1.82) is 0 Å². The number of carbonyl (C=O) groups excluding carboxylic acids is 1. The van der Waals surface area contributed by atoms with E-state index < -0.39 is 5.54 Å². The van der Waals surface area contributed by atoms with Crippen LogP contribution in [0, 0.1) is 5.82 Å². The van der Waals surface area contributed by atoms with Crippen LogP contribution in [-0.4, -0.2) is 22.5 Å². The van der Waals surface area contributed by atoms with Gasteiger partial charge < -0.3 is 4.74 Å². The number of allylic oxidation sites excluding steroid dienone is 1. The minimum atomic E-state index is -0.742. The molecule has 4 nitrogen and oxygen atoms in total. The van der Waals surface area contributed by atoms with E-state index in [1.807, 2.05) is 50.2 Å². The molecule has 0 radical (unpaired) electrons. The van der Waals surface area contributed by atoms with E-state index in [0.717, 1.165) is 10.3 Å². The maximum absolute atomic E-state index is 14.1. The van der Waals surface area contributed by atoms with Crippen LogP contribution in [0.15, 0.2) is 54.3 Å². The lowest BCUT2D eigenvalue weighted by molar-refractivity contribution is -0.139. The Morgan fingerprint density at radius 3 is 2.59 bits per heavy atom. The van der Waals surface area contributed by atoms with Crippen molar-refractivity contribution in [3.63, 3.8) is 0 Å². The van der Waals surface area contributed by atoms with Crippen LogP contribution < -0.4 is 0 Å². The topological polar surface area (TPSA) is 42.4 Å². The van der Waals surface area contributed by atoms with Gasteiger partial charge in [0.1, 0.15) is 22.1 Å². The van der Waals surface area contributed by atoms with Gasteiger partial charge in [0.2, 0.25) is 0 Å². The number of para-hydroxylation sites is 1. The summed E-state index contributed by atoms with van der Waals surface area (Å²) in [6.45, 7) is 5.75. The lowest BCUT2D eigenvalue weighted by atomic mass is 9.98. The summed E-state index contributed by atoms with van der Waals surface area (Å²) >= 11 is 1.40. The van der Waals surface area contributed by atoms with Crippen LogP contribution in [0.3, 0.4) is 0 Å². The number of hydrogen-bond donors (Lipinski definition) is 0. The quantitative estimate of drug-likeness (QED) is 0.646. The molecule has 0 saturated carbocycles. The molecule has 6 heteroatoms. The van der Waals surface area contributed by atoms with Gasteiger partial charge in [0, 0.05) is 0 Å². The average molecular weight is 382 g/mol. The van der Waals surface area contributed by atoms with E-state index in [1.54, 1.807) is 17.9 Å². The number of rotatable bonds is 3. The Labute approximate surface area is 160 Å². The summed E-state index contributed by atoms with van der Waals surface area (Å²) in [6.07, 6.45) is 0. The molecule has 138 valence electrons. The molecule has 0 atom stereocenters. The second-order valence-corrected chi connectivity index (χ2v) is 8.00. The smallest absolute Gasteiger partial charge is 0.261 e. The predicted molar refractivity (Wildman–Crippen MR) is 104 cm³/mol. The van der Waals surface area contributed by atoms with E-state index in [0.29, 0.717) is 21.9 Å². The van der Waals surface area contributed by atoms with Crippen LogP contribution in [0.1, 0.15) is 31.3 Å². The summed E-state index contributed by atoms with van der Waals surface area (Å²) in [5, 5.41) is 0.673.